The SMILES string of the molecule is COc1ccc(CC(OC)OC)c(-c2ccc(O)cc2)c1OC. The maximum Gasteiger partial charge on any atom is 0.168 e. The maximum absolute atomic E-state index is 9.53. The summed E-state index contributed by atoms with van der Waals surface area (Å²) in [5.74, 6) is 1.50. The molecule has 0 spiro atoms. The first kappa shape index (κ1) is 17.1. The lowest BCUT2D eigenvalue weighted by Crippen LogP contribution is -2.16. The summed E-state index contributed by atoms with van der Waals surface area (Å²) in [6, 6.07) is 10.8. The molecular weight excluding hydrogens is 296 g/mol. The van der Waals surface area contributed by atoms with Gasteiger partial charge in [0.15, 0.2) is 17.8 Å². The van der Waals surface area contributed by atoms with Crippen LogP contribution in [0.2, 0.25) is 0 Å². The van der Waals surface area contributed by atoms with Crippen LogP contribution in [-0.4, -0.2) is 39.8 Å². The van der Waals surface area contributed by atoms with Gasteiger partial charge in [-0.25, -0.2) is 0 Å². The maximum atomic E-state index is 9.53. The van der Waals surface area contributed by atoms with E-state index >= 15 is 0 Å². The lowest BCUT2D eigenvalue weighted by molar-refractivity contribution is -0.100. The normalized spacial score (nSPS) is 10.8. The summed E-state index contributed by atoms with van der Waals surface area (Å²) in [7, 11) is 6.42. The zero-order valence-electron chi connectivity index (χ0n) is 13.8. The van der Waals surface area contributed by atoms with Crippen LogP contribution in [0.1, 0.15) is 5.56 Å². The van der Waals surface area contributed by atoms with Crippen LogP contribution in [0.25, 0.3) is 11.1 Å². The van der Waals surface area contributed by atoms with Crippen LogP contribution in [0.15, 0.2) is 36.4 Å². The fourth-order valence-electron chi connectivity index (χ4n) is 2.52. The molecule has 0 fully saturated rings. The summed E-state index contributed by atoms with van der Waals surface area (Å²) >= 11 is 0. The van der Waals surface area contributed by atoms with E-state index in [0.717, 1.165) is 16.7 Å². The highest BCUT2D eigenvalue weighted by molar-refractivity contribution is 5.77. The molecule has 2 aromatic carbocycles. The van der Waals surface area contributed by atoms with Gasteiger partial charge >= 0.3 is 0 Å². The summed E-state index contributed by atoms with van der Waals surface area (Å²) in [5, 5.41) is 9.53. The Balaban J connectivity index is 2.59. The van der Waals surface area contributed by atoms with E-state index in [1.165, 1.54) is 0 Å². The van der Waals surface area contributed by atoms with Gasteiger partial charge in [0.1, 0.15) is 5.75 Å². The summed E-state index contributed by atoms with van der Waals surface area (Å²) in [5.41, 5.74) is 2.81. The van der Waals surface area contributed by atoms with Gasteiger partial charge in [-0.2, -0.15) is 0 Å². The number of aromatic hydroxyl groups is 1. The van der Waals surface area contributed by atoms with Crippen LogP contribution < -0.4 is 9.47 Å². The zero-order valence-corrected chi connectivity index (χ0v) is 13.8. The Bertz CT molecular complexity index is 633. The third kappa shape index (κ3) is 3.75. The van der Waals surface area contributed by atoms with E-state index in [1.54, 1.807) is 40.6 Å². The van der Waals surface area contributed by atoms with E-state index in [2.05, 4.69) is 0 Å². The molecule has 0 aliphatic rings. The highest BCUT2D eigenvalue weighted by Crippen LogP contribution is 2.41. The van der Waals surface area contributed by atoms with Crippen molar-refractivity contribution in [3.05, 3.63) is 42.0 Å². The van der Waals surface area contributed by atoms with Gasteiger partial charge in [0, 0.05) is 26.2 Å². The smallest absolute Gasteiger partial charge is 0.168 e. The van der Waals surface area contributed by atoms with Crippen molar-refractivity contribution >= 4 is 0 Å². The van der Waals surface area contributed by atoms with E-state index in [0.29, 0.717) is 17.9 Å². The number of phenolic OH excluding ortho intramolecular Hbond substituents is 1. The Morgan fingerprint density at radius 1 is 0.870 bits per heavy atom. The third-order valence-electron chi connectivity index (χ3n) is 3.70. The van der Waals surface area contributed by atoms with Crippen LogP contribution in [0.5, 0.6) is 17.2 Å². The van der Waals surface area contributed by atoms with Crippen molar-refractivity contribution < 1.29 is 24.1 Å². The van der Waals surface area contributed by atoms with Crippen LogP contribution in [0.3, 0.4) is 0 Å². The van der Waals surface area contributed by atoms with Gasteiger partial charge in [0.25, 0.3) is 0 Å². The second-order valence-electron chi connectivity index (χ2n) is 4.99. The van der Waals surface area contributed by atoms with Crippen molar-refractivity contribution in [3.63, 3.8) is 0 Å². The fourth-order valence-corrected chi connectivity index (χ4v) is 2.52. The predicted octanol–water partition coefficient (Wildman–Crippen LogP) is 3.24. The lowest BCUT2D eigenvalue weighted by Gasteiger charge is -2.20. The molecule has 0 atom stereocenters. The number of benzene rings is 2. The molecule has 0 unspecified atom stereocenters. The summed E-state index contributed by atoms with van der Waals surface area (Å²) in [4.78, 5) is 0. The molecule has 0 radical (unpaired) electrons. The Morgan fingerprint density at radius 2 is 1.52 bits per heavy atom. The van der Waals surface area contributed by atoms with Crippen LogP contribution in [0.4, 0.5) is 0 Å². The number of phenols is 1. The van der Waals surface area contributed by atoms with E-state index in [-0.39, 0.29) is 12.0 Å². The molecule has 0 saturated carbocycles. The average molecular weight is 318 g/mol. The Kier molecular flexibility index (Phi) is 5.84. The predicted molar refractivity (Wildman–Crippen MR) is 88.2 cm³/mol. The molecule has 0 saturated heterocycles. The Hall–Kier alpha value is -2.24. The largest absolute Gasteiger partial charge is 0.508 e. The summed E-state index contributed by atoms with van der Waals surface area (Å²) in [6.07, 6.45) is 0.202. The van der Waals surface area contributed by atoms with Crippen LogP contribution in [0, 0.1) is 0 Å². The highest BCUT2D eigenvalue weighted by atomic mass is 16.7. The molecule has 124 valence electrons. The van der Waals surface area contributed by atoms with Crippen molar-refractivity contribution in [2.24, 2.45) is 0 Å². The number of ether oxygens (including phenoxy) is 4. The molecule has 5 nitrogen and oxygen atoms in total. The first-order valence-corrected chi connectivity index (χ1v) is 7.23. The van der Waals surface area contributed by atoms with Gasteiger partial charge in [-0.15, -0.1) is 0 Å². The second-order valence-corrected chi connectivity index (χ2v) is 4.99. The van der Waals surface area contributed by atoms with Crippen molar-refractivity contribution in [1.82, 2.24) is 0 Å². The van der Waals surface area contributed by atoms with Crippen molar-refractivity contribution in [2.75, 3.05) is 28.4 Å². The van der Waals surface area contributed by atoms with E-state index in [9.17, 15) is 5.11 Å². The molecule has 1 N–H and O–H groups in total. The molecule has 0 amide bonds. The van der Waals surface area contributed by atoms with Crippen molar-refractivity contribution in [2.45, 2.75) is 12.7 Å². The Labute approximate surface area is 136 Å². The number of hydrogen-bond acceptors (Lipinski definition) is 5. The minimum absolute atomic E-state index is 0.212. The Morgan fingerprint density at radius 3 is 2.04 bits per heavy atom. The molecule has 0 aromatic heterocycles. The molecule has 2 rings (SSSR count). The third-order valence-corrected chi connectivity index (χ3v) is 3.70. The van der Waals surface area contributed by atoms with Gasteiger partial charge in [0.2, 0.25) is 0 Å². The van der Waals surface area contributed by atoms with E-state index < -0.39 is 0 Å². The fraction of sp³-hybridized carbons (Fsp3) is 0.333. The first-order valence-electron chi connectivity index (χ1n) is 7.23. The molecule has 0 aliphatic carbocycles. The van der Waals surface area contributed by atoms with Crippen molar-refractivity contribution in [3.8, 4) is 28.4 Å². The van der Waals surface area contributed by atoms with Gasteiger partial charge < -0.3 is 24.1 Å². The average Bonchev–Trinajstić information content (AvgIpc) is 2.59. The number of methoxy groups -OCH3 is 4. The number of rotatable bonds is 7. The highest BCUT2D eigenvalue weighted by Gasteiger charge is 2.19. The molecule has 0 aliphatic heterocycles. The van der Waals surface area contributed by atoms with E-state index in [4.69, 9.17) is 18.9 Å². The van der Waals surface area contributed by atoms with Gasteiger partial charge in [-0.1, -0.05) is 18.2 Å². The number of hydrogen-bond donors (Lipinski definition) is 1. The minimum atomic E-state index is -0.357. The van der Waals surface area contributed by atoms with Crippen LogP contribution >= 0.6 is 0 Å². The van der Waals surface area contributed by atoms with E-state index in [1.807, 2.05) is 24.3 Å². The quantitative estimate of drug-likeness (QED) is 0.794. The zero-order chi connectivity index (χ0) is 16.8. The monoisotopic (exact) mass is 318 g/mol. The molecule has 0 heterocycles. The van der Waals surface area contributed by atoms with Crippen LogP contribution in [-0.2, 0) is 15.9 Å². The summed E-state index contributed by atoms with van der Waals surface area (Å²) in [6.45, 7) is 0. The van der Waals surface area contributed by atoms with Gasteiger partial charge in [-0.05, 0) is 29.3 Å². The first-order chi connectivity index (χ1) is 11.1. The lowest BCUT2D eigenvalue weighted by atomic mass is 9.95. The molecular formula is C18H22O5. The molecule has 5 heteroatoms. The van der Waals surface area contributed by atoms with Gasteiger partial charge in [-0.3, -0.25) is 0 Å². The topological polar surface area (TPSA) is 57.2 Å². The molecule has 23 heavy (non-hydrogen) atoms. The molecule has 2 aromatic rings. The minimum Gasteiger partial charge on any atom is -0.508 e. The summed E-state index contributed by atoms with van der Waals surface area (Å²) < 4.78 is 21.6. The second kappa shape index (κ2) is 7.85. The molecule has 0 bridgehead atoms. The van der Waals surface area contributed by atoms with Gasteiger partial charge in [0.05, 0.1) is 14.2 Å². The standard InChI is InChI=1S/C18H22O5/c1-20-15-10-7-13(11-16(21-2)22-3)17(18(15)23-4)12-5-8-14(19)9-6-12/h5-10,16,19H,11H2,1-4H3. The van der Waals surface area contributed by atoms with Crippen molar-refractivity contribution in [1.29, 1.82) is 0 Å².